The van der Waals surface area contributed by atoms with E-state index < -0.39 is 42.8 Å². The molecule has 0 unspecified atom stereocenters. The molecule has 1 aliphatic rings. The smallest absolute Gasteiger partial charge is 0.342 e. The Morgan fingerprint density at radius 2 is 1.88 bits per heavy atom. The van der Waals surface area contributed by atoms with Crippen molar-refractivity contribution in [3.63, 3.8) is 0 Å². The lowest BCUT2D eigenvalue weighted by Gasteiger charge is -2.30. The van der Waals surface area contributed by atoms with Crippen molar-refractivity contribution < 1.29 is 28.9 Å². The summed E-state index contributed by atoms with van der Waals surface area (Å²) in [6.07, 6.45) is -4.96. The maximum atomic E-state index is 15.4. The molecule has 5 aromatic rings. The van der Waals surface area contributed by atoms with Crippen molar-refractivity contribution in [3.8, 4) is 11.1 Å². The van der Waals surface area contributed by atoms with Crippen molar-refractivity contribution in [1.29, 1.82) is 0 Å². The van der Waals surface area contributed by atoms with Crippen molar-refractivity contribution >= 4 is 45.9 Å². The van der Waals surface area contributed by atoms with E-state index in [4.69, 9.17) is 26.8 Å². The molecule has 0 saturated carbocycles. The summed E-state index contributed by atoms with van der Waals surface area (Å²) in [5.74, 6) is -1.28. The Labute approximate surface area is 247 Å². The number of nitrogen functional groups attached to an aromatic ring is 1. The van der Waals surface area contributed by atoms with Gasteiger partial charge < -0.3 is 25.4 Å². The van der Waals surface area contributed by atoms with Crippen LogP contribution in [0.5, 0.6) is 0 Å². The Morgan fingerprint density at radius 1 is 1.14 bits per heavy atom. The number of aliphatic carboxylic acids is 1. The maximum Gasteiger partial charge on any atom is 0.342 e. The summed E-state index contributed by atoms with van der Waals surface area (Å²) in [7, 11) is 0. The molecule has 5 atom stereocenters. The second-order valence-electron chi connectivity index (χ2n) is 9.76. The number of carboxylic acids is 1. The third-order valence-corrected chi connectivity index (χ3v) is 7.94. The van der Waals surface area contributed by atoms with E-state index in [0.29, 0.717) is 5.56 Å². The fourth-order valence-corrected chi connectivity index (χ4v) is 5.78. The van der Waals surface area contributed by atoms with E-state index >= 15 is 4.39 Å². The number of nitrogens with two attached hydrogens (primary N) is 1. The second kappa shape index (κ2) is 11.3. The minimum absolute atomic E-state index is 0.00360. The standard InChI is InChI=1S/C28H24ClFN6O5S/c29-27-34-23(31)21-24(35-27)36(13-32-21)25-20(30)22(37)18(41-25)11-40-28(26(38)39,19-12-42-14-33-19)10-15-6-8-17(9-7-15)16-4-2-1-3-5-16/h1-9,12-14,18,20,22,25,37H,10-11H2,(H,38,39)(H2,31,34,35)/t18-,20+,22-,25-,28-/m1/s1. The van der Waals surface area contributed by atoms with Crippen LogP contribution in [0, 0.1) is 0 Å². The van der Waals surface area contributed by atoms with Gasteiger partial charge in [0, 0.05) is 11.8 Å². The number of imidazole rings is 1. The van der Waals surface area contributed by atoms with Gasteiger partial charge in [-0.15, -0.1) is 11.3 Å². The van der Waals surface area contributed by atoms with Crippen LogP contribution in [0.2, 0.25) is 5.28 Å². The van der Waals surface area contributed by atoms with Crippen molar-refractivity contribution in [2.24, 2.45) is 0 Å². The van der Waals surface area contributed by atoms with Crippen molar-refractivity contribution in [2.45, 2.75) is 36.6 Å². The molecular weight excluding hydrogens is 587 g/mol. The first kappa shape index (κ1) is 28.1. The van der Waals surface area contributed by atoms with Crippen LogP contribution < -0.4 is 5.73 Å². The summed E-state index contributed by atoms with van der Waals surface area (Å²) in [6.45, 7) is -0.450. The highest BCUT2D eigenvalue weighted by Crippen LogP contribution is 2.37. The third kappa shape index (κ3) is 5.10. The second-order valence-corrected chi connectivity index (χ2v) is 10.8. The SMILES string of the molecule is Nc1nc(Cl)nc2c1ncn2[C@@H]1O[C@H](CO[C@@](Cc2ccc(-c3ccccc3)cc2)(C(=O)O)c2cscn2)[C@@H](O)[C@@H]1F. The summed E-state index contributed by atoms with van der Waals surface area (Å²) in [6, 6.07) is 17.2. The van der Waals surface area contributed by atoms with E-state index in [0.717, 1.165) is 11.1 Å². The molecule has 216 valence electrons. The lowest BCUT2D eigenvalue weighted by molar-refractivity contribution is -0.177. The van der Waals surface area contributed by atoms with Crippen LogP contribution in [0.1, 0.15) is 17.5 Å². The number of benzene rings is 2. The van der Waals surface area contributed by atoms with E-state index in [1.54, 1.807) is 5.38 Å². The first-order valence-corrected chi connectivity index (χ1v) is 14.1. The Morgan fingerprint density at radius 3 is 2.57 bits per heavy atom. The number of alkyl halides is 1. The molecule has 2 aromatic carbocycles. The number of nitrogens with zero attached hydrogens (tertiary/aromatic N) is 5. The van der Waals surface area contributed by atoms with E-state index in [1.165, 1.54) is 27.7 Å². The highest BCUT2D eigenvalue weighted by Gasteiger charge is 2.49. The minimum Gasteiger partial charge on any atom is -0.479 e. The Kier molecular flexibility index (Phi) is 7.60. The van der Waals surface area contributed by atoms with Gasteiger partial charge in [-0.3, -0.25) is 4.57 Å². The van der Waals surface area contributed by atoms with Gasteiger partial charge in [-0.25, -0.2) is 19.2 Å². The number of aliphatic hydroxyl groups excluding tert-OH is 1. The zero-order chi connectivity index (χ0) is 29.4. The Balaban J connectivity index is 1.25. The summed E-state index contributed by atoms with van der Waals surface area (Å²) < 4.78 is 28.5. The number of halogens is 2. The van der Waals surface area contributed by atoms with Crippen molar-refractivity contribution in [2.75, 3.05) is 12.3 Å². The summed E-state index contributed by atoms with van der Waals surface area (Å²) in [5.41, 5.74) is 8.59. The maximum absolute atomic E-state index is 15.4. The number of aromatic nitrogens is 5. The van der Waals surface area contributed by atoms with Crippen LogP contribution >= 0.6 is 22.9 Å². The summed E-state index contributed by atoms with van der Waals surface area (Å²) >= 11 is 7.15. The Bertz CT molecular complexity index is 1710. The quantitative estimate of drug-likeness (QED) is 0.208. The van der Waals surface area contributed by atoms with Crippen molar-refractivity contribution in [3.05, 3.63) is 88.4 Å². The fourth-order valence-electron chi connectivity index (χ4n) is 4.99. The average molecular weight is 611 g/mol. The first-order valence-electron chi connectivity index (χ1n) is 12.8. The lowest BCUT2D eigenvalue weighted by atomic mass is 9.90. The van der Waals surface area contributed by atoms with E-state index in [2.05, 4.69) is 19.9 Å². The number of carbonyl (C=O) groups is 1. The molecule has 0 radical (unpaired) electrons. The van der Waals surface area contributed by atoms with Gasteiger partial charge in [-0.2, -0.15) is 9.97 Å². The first-order chi connectivity index (χ1) is 20.3. The molecule has 0 aliphatic carbocycles. The van der Waals surface area contributed by atoms with E-state index in [-0.39, 0.29) is 34.4 Å². The van der Waals surface area contributed by atoms with Crippen LogP contribution in [0.4, 0.5) is 10.2 Å². The molecule has 0 amide bonds. The number of ether oxygens (including phenoxy) is 2. The molecule has 1 fully saturated rings. The molecule has 4 N–H and O–H groups in total. The zero-order valence-corrected chi connectivity index (χ0v) is 23.3. The number of anilines is 1. The fraction of sp³-hybridized carbons (Fsp3) is 0.250. The van der Waals surface area contributed by atoms with Crippen LogP contribution in [-0.2, 0) is 26.3 Å². The van der Waals surface area contributed by atoms with Crippen molar-refractivity contribution in [1.82, 2.24) is 24.5 Å². The lowest BCUT2D eigenvalue weighted by Crippen LogP contribution is -2.44. The molecule has 0 spiro atoms. The van der Waals surface area contributed by atoms with Crippen LogP contribution in [0.15, 0.2) is 71.8 Å². The zero-order valence-electron chi connectivity index (χ0n) is 21.7. The molecule has 11 nitrogen and oxygen atoms in total. The molecular formula is C28H24ClFN6O5S. The van der Waals surface area contributed by atoms with E-state index in [1.807, 2.05) is 54.6 Å². The minimum atomic E-state index is -1.93. The van der Waals surface area contributed by atoms with Crippen LogP contribution in [0.25, 0.3) is 22.3 Å². The van der Waals surface area contributed by atoms with Gasteiger partial charge in [0.05, 0.1) is 24.1 Å². The largest absolute Gasteiger partial charge is 0.479 e. The molecule has 42 heavy (non-hydrogen) atoms. The molecule has 3 aromatic heterocycles. The summed E-state index contributed by atoms with van der Waals surface area (Å²) in [5, 5.41) is 22.6. The Hall–Kier alpha value is -4.01. The number of fused-ring (bicyclic) bond motifs is 1. The number of hydrogen-bond donors (Lipinski definition) is 3. The van der Waals surface area contributed by atoms with E-state index in [9.17, 15) is 15.0 Å². The highest BCUT2D eigenvalue weighted by molar-refractivity contribution is 7.07. The molecule has 1 saturated heterocycles. The number of thiazole rings is 1. The predicted octanol–water partition coefficient (Wildman–Crippen LogP) is 4.02. The third-order valence-electron chi connectivity index (χ3n) is 7.19. The van der Waals surface area contributed by atoms with Gasteiger partial charge in [0.25, 0.3) is 0 Å². The molecule has 1 aliphatic heterocycles. The average Bonchev–Trinajstić information content (AvgIpc) is 3.73. The highest BCUT2D eigenvalue weighted by atomic mass is 35.5. The molecule has 4 heterocycles. The number of carboxylic acid groups (broad SMARTS) is 1. The van der Waals surface area contributed by atoms with Gasteiger partial charge in [0.1, 0.15) is 17.7 Å². The van der Waals surface area contributed by atoms with Crippen LogP contribution in [-0.4, -0.2) is 65.7 Å². The number of aliphatic hydroxyl groups is 1. The summed E-state index contributed by atoms with van der Waals surface area (Å²) in [4.78, 5) is 29.1. The number of hydrogen-bond acceptors (Lipinski definition) is 10. The predicted molar refractivity (Wildman–Crippen MR) is 153 cm³/mol. The molecule has 14 heteroatoms. The number of rotatable bonds is 9. The van der Waals surface area contributed by atoms with Gasteiger partial charge in [-0.1, -0.05) is 54.6 Å². The normalized spacial score (nSPS) is 21.9. The van der Waals surface area contributed by atoms with Gasteiger partial charge in [0.2, 0.25) is 10.9 Å². The van der Waals surface area contributed by atoms with Crippen LogP contribution in [0.3, 0.4) is 0 Å². The van der Waals surface area contributed by atoms with Gasteiger partial charge >= 0.3 is 5.97 Å². The monoisotopic (exact) mass is 610 g/mol. The van der Waals surface area contributed by atoms with Gasteiger partial charge in [-0.05, 0) is 28.3 Å². The topological polar surface area (TPSA) is 158 Å². The molecule has 0 bridgehead atoms. The molecule has 6 rings (SSSR count). The van der Waals surface area contributed by atoms with Gasteiger partial charge in [0.15, 0.2) is 23.9 Å².